The summed E-state index contributed by atoms with van der Waals surface area (Å²) in [6.07, 6.45) is 19.1. The maximum Gasteiger partial charge on any atom is 0.328 e. The molecule has 0 fully saturated rings. The summed E-state index contributed by atoms with van der Waals surface area (Å²) in [5, 5.41) is 17.2. The first-order valence-electron chi connectivity index (χ1n) is 9.38. The minimum absolute atomic E-state index is 0.656. The van der Waals surface area contributed by atoms with E-state index in [4.69, 9.17) is 10.2 Å². The highest BCUT2D eigenvalue weighted by Crippen LogP contribution is 2.09. The molecule has 0 aliphatic heterocycles. The van der Waals surface area contributed by atoms with Crippen molar-refractivity contribution in [1.82, 2.24) is 19.1 Å². The third-order valence-electron chi connectivity index (χ3n) is 4.18. The number of hydrogen-bond acceptors (Lipinski definition) is 4. The van der Waals surface area contributed by atoms with E-state index in [1.807, 2.05) is 21.5 Å². The quantitative estimate of drug-likeness (QED) is 0.404. The molecule has 0 aliphatic rings. The van der Waals surface area contributed by atoms with Crippen molar-refractivity contribution in [2.45, 2.75) is 51.6 Å². The molecule has 0 amide bonds. The van der Waals surface area contributed by atoms with Crippen molar-refractivity contribution in [3.63, 3.8) is 0 Å². The summed E-state index contributed by atoms with van der Waals surface area (Å²) < 4.78 is 3.97. The van der Waals surface area contributed by atoms with Crippen LogP contribution in [0.15, 0.2) is 37.2 Å². The second kappa shape index (κ2) is 11.5. The van der Waals surface area contributed by atoms with Gasteiger partial charge in [-0.3, -0.25) is 0 Å². The second-order valence-electron chi connectivity index (χ2n) is 6.54. The van der Waals surface area contributed by atoms with E-state index < -0.39 is 11.9 Å². The van der Waals surface area contributed by atoms with E-state index in [2.05, 4.69) is 9.97 Å². The van der Waals surface area contributed by atoms with Crippen molar-refractivity contribution in [2.24, 2.45) is 0 Å². The largest absolute Gasteiger partial charge is 0.478 e. The molecule has 2 aromatic heterocycles. The van der Waals surface area contributed by atoms with Crippen molar-refractivity contribution >= 4 is 24.1 Å². The Morgan fingerprint density at radius 1 is 0.750 bits per heavy atom. The van der Waals surface area contributed by atoms with Gasteiger partial charge in [0.05, 0.1) is 24.0 Å². The van der Waals surface area contributed by atoms with Crippen LogP contribution in [-0.2, 0) is 22.7 Å². The molecule has 2 heterocycles. The molecule has 0 radical (unpaired) electrons. The zero-order valence-corrected chi connectivity index (χ0v) is 15.8. The zero-order valence-electron chi connectivity index (χ0n) is 15.8. The van der Waals surface area contributed by atoms with Gasteiger partial charge in [0.25, 0.3) is 0 Å². The van der Waals surface area contributed by atoms with E-state index in [1.54, 1.807) is 12.7 Å². The average Bonchev–Trinajstić information content (AvgIpc) is 3.29. The van der Waals surface area contributed by atoms with Gasteiger partial charge in [0.2, 0.25) is 0 Å². The van der Waals surface area contributed by atoms with Crippen LogP contribution in [0.5, 0.6) is 0 Å². The van der Waals surface area contributed by atoms with E-state index in [0.29, 0.717) is 11.4 Å². The summed E-state index contributed by atoms with van der Waals surface area (Å²) in [5.41, 5.74) is 1.31. The van der Waals surface area contributed by atoms with Crippen LogP contribution in [0.3, 0.4) is 0 Å². The summed E-state index contributed by atoms with van der Waals surface area (Å²) in [6, 6.07) is 0. The number of aliphatic carboxylic acids is 2. The number of aromatic nitrogens is 4. The first kappa shape index (κ1) is 21.1. The van der Waals surface area contributed by atoms with Crippen LogP contribution in [0.25, 0.3) is 12.2 Å². The maximum absolute atomic E-state index is 10.5. The first-order valence-corrected chi connectivity index (χ1v) is 9.38. The molecule has 2 rings (SSSR count). The van der Waals surface area contributed by atoms with Gasteiger partial charge in [0.1, 0.15) is 0 Å². The topological polar surface area (TPSA) is 110 Å². The third kappa shape index (κ3) is 8.48. The number of hydrogen-bond donors (Lipinski definition) is 2. The number of unbranched alkanes of at least 4 members (excludes halogenated alkanes) is 5. The molecule has 8 heteroatoms. The van der Waals surface area contributed by atoms with Crippen LogP contribution in [0, 0.1) is 0 Å². The van der Waals surface area contributed by atoms with Gasteiger partial charge in [0.15, 0.2) is 0 Å². The standard InChI is InChI=1S/C20H26N4O4/c25-19(26)9-7-17-13-23(15-21-17)11-5-3-1-2-4-6-12-24-14-18(22-16-24)8-10-20(27)28/h7-10,13-16H,1-6,11-12H2,(H,25,26)(H,27,28)/b9-7+,10-8+. The lowest BCUT2D eigenvalue weighted by Crippen LogP contribution is -1.95. The van der Waals surface area contributed by atoms with Gasteiger partial charge in [-0.25, -0.2) is 19.6 Å². The fourth-order valence-corrected chi connectivity index (χ4v) is 2.78. The average molecular weight is 386 g/mol. The number of rotatable bonds is 13. The smallest absolute Gasteiger partial charge is 0.328 e. The van der Waals surface area contributed by atoms with Crippen LogP contribution >= 0.6 is 0 Å². The number of carbonyl (C=O) groups is 2. The van der Waals surface area contributed by atoms with Crippen LogP contribution in [0.1, 0.15) is 49.9 Å². The molecule has 8 nitrogen and oxygen atoms in total. The minimum atomic E-state index is -0.974. The minimum Gasteiger partial charge on any atom is -0.478 e. The van der Waals surface area contributed by atoms with Crippen molar-refractivity contribution in [2.75, 3.05) is 0 Å². The maximum atomic E-state index is 10.5. The summed E-state index contributed by atoms with van der Waals surface area (Å²) in [6.45, 7) is 1.77. The number of imidazole rings is 2. The van der Waals surface area contributed by atoms with Gasteiger partial charge in [-0.2, -0.15) is 0 Å². The second-order valence-corrected chi connectivity index (χ2v) is 6.54. The Bertz CT molecular complexity index is 752. The SMILES string of the molecule is O=C(O)/C=C/c1cn(CCCCCCCCn2cnc(/C=C/C(=O)O)c2)cn1. The summed E-state index contributed by atoms with van der Waals surface area (Å²) in [5.74, 6) is -1.95. The highest BCUT2D eigenvalue weighted by Gasteiger charge is 1.99. The zero-order chi connectivity index (χ0) is 20.2. The lowest BCUT2D eigenvalue weighted by atomic mass is 10.1. The molecular formula is C20H26N4O4. The molecule has 0 aliphatic carbocycles. The van der Waals surface area contributed by atoms with Crippen LogP contribution in [0.4, 0.5) is 0 Å². The fraction of sp³-hybridized carbons (Fsp3) is 0.400. The number of carboxylic acid groups (broad SMARTS) is 2. The lowest BCUT2D eigenvalue weighted by molar-refractivity contribution is -0.132. The summed E-state index contributed by atoms with van der Waals surface area (Å²) >= 11 is 0. The third-order valence-corrected chi connectivity index (χ3v) is 4.18. The predicted octanol–water partition coefficient (Wildman–Crippen LogP) is 3.32. The molecule has 0 unspecified atom stereocenters. The van der Waals surface area contributed by atoms with Crippen molar-refractivity contribution in [1.29, 1.82) is 0 Å². The predicted molar refractivity (Wildman–Crippen MR) is 105 cm³/mol. The normalized spacial score (nSPS) is 11.6. The summed E-state index contributed by atoms with van der Waals surface area (Å²) in [7, 11) is 0. The van der Waals surface area contributed by atoms with E-state index >= 15 is 0 Å². The summed E-state index contributed by atoms with van der Waals surface area (Å²) in [4.78, 5) is 29.3. The molecule has 0 saturated heterocycles. The Kier molecular flexibility index (Phi) is 8.71. The Balaban J connectivity index is 1.52. The monoisotopic (exact) mass is 386 g/mol. The number of aryl methyl sites for hydroxylation is 2. The van der Waals surface area contributed by atoms with Gasteiger partial charge >= 0.3 is 11.9 Å². The molecule has 0 saturated carbocycles. The highest BCUT2D eigenvalue weighted by atomic mass is 16.4. The molecule has 0 atom stereocenters. The van der Waals surface area contributed by atoms with Gasteiger partial charge < -0.3 is 19.3 Å². The molecule has 150 valence electrons. The van der Waals surface area contributed by atoms with Gasteiger partial charge in [-0.15, -0.1) is 0 Å². The van der Waals surface area contributed by atoms with E-state index in [9.17, 15) is 9.59 Å². The van der Waals surface area contributed by atoms with E-state index in [1.165, 1.54) is 25.0 Å². The molecular weight excluding hydrogens is 360 g/mol. The molecule has 0 aromatic carbocycles. The molecule has 2 N–H and O–H groups in total. The van der Waals surface area contributed by atoms with Gasteiger partial charge in [-0.1, -0.05) is 25.7 Å². The number of nitrogens with zero attached hydrogens (tertiary/aromatic N) is 4. The molecule has 28 heavy (non-hydrogen) atoms. The molecule has 2 aromatic rings. The van der Waals surface area contributed by atoms with Crippen molar-refractivity contribution < 1.29 is 19.8 Å². The fourth-order valence-electron chi connectivity index (χ4n) is 2.78. The van der Waals surface area contributed by atoms with Crippen molar-refractivity contribution in [3.8, 4) is 0 Å². The van der Waals surface area contributed by atoms with Crippen LogP contribution in [0.2, 0.25) is 0 Å². The Morgan fingerprint density at radius 3 is 1.54 bits per heavy atom. The lowest BCUT2D eigenvalue weighted by Gasteiger charge is -2.04. The Hall–Kier alpha value is -3.16. The molecule has 0 spiro atoms. The highest BCUT2D eigenvalue weighted by molar-refractivity contribution is 5.85. The van der Waals surface area contributed by atoms with E-state index in [0.717, 1.165) is 50.9 Å². The van der Waals surface area contributed by atoms with Crippen LogP contribution in [-0.4, -0.2) is 41.3 Å². The van der Waals surface area contributed by atoms with Gasteiger partial charge in [0, 0.05) is 37.6 Å². The molecule has 0 bridgehead atoms. The first-order chi connectivity index (χ1) is 13.5. The van der Waals surface area contributed by atoms with E-state index in [-0.39, 0.29) is 0 Å². The van der Waals surface area contributed by atoms with Crippen molar-refractivity contribution in [3.05, 3.63) is 48.6 Å². The number of carboxylic acids is 2. The van der Waals surface area contributed by atoms with Gasteiger partial charge in [-0.05, 0) is 25.0 Å². The van der Waals surface area contributed by atoms with Crippen LogP contribution < -0.4 is 0 Å². The Labute approximate surface area is 163 Å². The Morgan fingerprint density at radius 2 is 1.14 bits per heavy atom.